The van der Waals surface area contributed by atoms with Gasteiger partial charge in [0, 0.05) is 44.7 Å². The third-order valence-corrected chi connectivity index (χ3v) is 5.81. The zero-order chi connectivity index (χ0) is 16.0. The molecule has 6 heteroatoms. The molecule has 1 saturated heterocycles. The molecule has 1 aromatic rings. The van der Waals surface area contributed by atoms with Crippen molar-refractivity contribution in [2.75, 3.05) is 38.5 Å². The van der Waals surface area contributed by atoms with Crippen LogP contribution in [-0.4, -0.2) is 57.6 Å². The van der Waals surface area contributed by atoms with E-state index < -0.39 is 9.84 Å². The fourth-order valence-corrected chi connectivity index (χ4v) is 3.90. The first kappa shape index (κ1) is 17.1. The van der Waals surface area contributed by atoms with E-state index in [1.54, 1.807) is 24.3 Å². The highest BCUT2D eigenvalue weighted by Gasteiger charge is 2.15. The van der Waals surface area contributed by atoms with Crippen LogP contribution in [-0.2, 0) is 9.84 Å². The van der Waals surface area contributed by atoms with Crippen LogP contribution in [0.5, 0.6) is 0 Å². The van der Waals surface area contributed by atoms with Crippen molar-refractivity contribution in [2.45, 2.75) is 24.7 Å². The third kappa shape index (κ3) is 4.63. The number of nitrogens with zero attached hydrogens (tertiary/aromatic N) is 1. The van der Waals surface area contributed by atoms with Gasteiger partial charge in [0.1, 0.15) is 0 Å². The predicted octanol–water partition coefficient (Wildman–Crippen LogP) is 1.35. The van der Waals surface area contributed by atoms with E-state index in [0.29, 0.717) is 23.3 Å². The van der Waals surface area contributed by atoms with Gasteiger partial charge >= 0.3 is 0 Å². The standard InChI is InChI=1S/C16H24N2O3S/c1-2-13-22(20,21)15-5-3-14(4-6-15)16(19)7-10-18-11-8-17-9-12-18/h3-6,17H,2,7-13H2,1H3. The second-order valence-electron chi connectivity index (χ2n) is 5.61. The average Bonchev–Trinajstić information content (AvgIpc) is 2.54. The summed E-state index contributed by atoms with van der Waals surface area (Å²) in [5, 5.41) is 3.28. The van der Waals surface area contributed by atoms with Gasteiger partial charge in [0.15, 0.2) is 15.6 Å². The van der Waals surface area contributed by atoms with Crippen LogP contribution < -0.4 is 5.32 Å². The summed E-state index contributed by atoms with van der Waals surface area (Å²) in [6.07, 6.45) is 1.06. The summed E-state index contributed by atoms with van der Waals surface area (Å²) >= 11 is 0. The topological polar surface area (TPSA) is 66.5 Å². The zero-order valence-corrected chi connectivity index (χ0v) is 13.9. The van der Waals surface area contributed by atoms with Gasteiger partial charge in [-0.25, -0.2) is 8.42 Å². The number of piperazine rings is 1. The van der Waals surface area contributed by atoms with Crippen LogP contribution in [0.1, 0.15) is 30.1 Å². The summed E-state index contributed by atoms with van der Waals surface area (Å²) in [5.74, 6) is 0.210. The molecule has 5 nitrogen and oxygen atoms in total. The Kier molecular flexibility index (Phi) is 6.11. The van der Waals surface area contributed by atoms with Crippen LogP contribution in [0.25, 0.3) is 0 Å². The van der Waals surface area contributed by atoms with E-state index in [9.17, 15) is 13.2 Å². The summed E-state index contributed by atoms with van der Waals surface area (Å²) in [7, 11) is -3.21. The Labute approximate surface area is 132 Å². The maximum atomic E-state index is 12.2. The maximum Gasteiger partial charge on any atom is 0.178 e. The first-order valence-corrected chi connectivity index (χ1v) is 9.47. The van der Waals surface area contributed by atoms with Gasteiger partial charge in [0.25, 0.3) is 0 Å². The van der Waals surface area contributed by atoms with Crippen molar-refractivity contribution in [1.82, 2.24) is 10.2 Å². The summed E-state index contributed by atoms with van der Waals surface area (Å²) in [4.78, 5) is 14.8. The molecule has 1 heterocycles. The summed E-state index contributed by atoms with van der Waals surface area (Å²) in [6, 6.07) is 6.34. The maximum absolute atomic E-state index is 12.2. The van der Waals surface area contributed by atoms with Gasteiger partial charge in [-0.3, -0.25) is 4.79 Å². The highest BCUT2D eigenvalue weighted by atomic mass is 32.2. The highest BCUT2D eigenvalue weighted by Crippen LogP contribution is 2.14. The van der Waals surface area contributed by atoms with Gasteiger partial charge in [0.2, 0.25) is 0 Å². The fraction of sp³-hybridized carbons (Fsp3) is 0.562. The number of benzene rings is 1. The van der Waals surface area contributed by atoms with E-state index >= 15 is 0 Å². The van der Waals surface area contributed by atoms with E-state index in [0.717, 1.165) is 32.7 Å². The number of hydrogen-bond donors (Lipinski definition) is 1. The number of hydrogen-bond acceptors (Lipinski definition) is 5. The molecule has 22 heavy (non-hydrogen) atoms. The lowest BCUT2D eigenvalue weighted by Crippen LogP contribution is -2.44. The highest BCUT2D eigenvalue weighted by molar-refractivity contribution is 7.91. The van der Waals surface area contributed by atoms with Crippen molar-refractivity contribution >= 4 is 15.6 Å². The lowest BCUT2D eigenvalue weighted by molar-refractivity contribution is 0.0960. The Morgan fingerprint density at radius 2 is 1.82 bits per heavy atom. The van der Waals surface area contributed by atoms with Crippen LogP contribution >= 0.6 is 0 Å². The molecule has 1 aromatic carbocycles. The zero-order valence-electron chi connectivity index (χ0n) is 13.0. The Morgan fingerprint density at radius 1 is 1.18 bits per heavy atom. The van der Waals surface area contributed by atoms with Crippen molar-refractivity contribution in [1.29, 1.82) is 0 Å². The number of nitrogens with one attached hydrogen (secondary N) is 1. The number of ketones is 1. The molecule has 0 unspecified atom stereocenters. The molecule has 0 spiro atoms. The molecule has 1 fully saturated rings. The molecule has 0 aliphatic carbocycles. The largest absolute Gasteiger partial charge is 0.314 e. The molecule has 0 aromatic heterocycles. The lowest BCUT2D eigenvalue weighted by Gasteiger charge is -2.26. The molecule has 0 atom stereocenters. The van der Waals surface area contributed by atoms with Gasteiger partial charge < -0.3 is 10.2 Å². The SMILES string of the molecule is CCCS(=O)(=O)c1ccc(C(=O)CCN2CCNCC2)cc1. The monoisotopic (exact) mass is 324 g/mol. The van der Waals surface area contributed by atoms with Crippen molar-refractivity contribution in [3.63, 3.8) is 0 Å². The van der Waals surface area contributed by atoms with Gasteiger partial charge in [0.05, 0.1) is 10.6 Å². The van der Waals surface area contributed by atoms with E-state index in [4.69, 9.17) is 0 Å². The molecule has 122 valence electrons. The molecule has 0 amide bonds. The van der Waals surface area contributed by atoms with E-state index in [1.165, 1.54) is 0 Å². The third-order valence-electron chi connectivity index (χ3n) is 3.87. The lowest BCUT2D eigenvalue weighted by atomic mass is 10.1. The fourth-order valence-electron chi connectivity index (χ4n) is 2.57. The van der Waals surface area contributed by atoms with Crippen molar-refractivity contribution in [3.8, 4) is 0 Å². The van der Waals surface area contributed by atoms with Crippen LogP contribution in [0.3, 0.4) is 0 Å². The van der Waals surface area contributed by atoms with Gasteiger partial charge in [-0.2, -0.15) is 0 Å². The summed E-state index contributed by atoms with van der Waals surface area (Å²) in [6.45, 7) is 6.49. The molecule has 1 aliphatic heterocycles. The molecule has 0 bridgehead atoms. The number of rotatable bonds is 7. The Morgan fingerprint density at radius 3 is 2.41 bits per heavy atom. The summed E-state index contributed by atoms with van der Waals surface area (Å²) < 4.78 is 23.9. The Hall–Kier alpha value is -1.24. The minimum atomic E-state index is -3.21. The smallest absolute Gasteiger partial charge is 0.178 e. The first-order chi connectivity index (χ1) is 10.5. The first-order valence-electron chi connectivity index (χ1n) is 7.82. The van der Waals surface area contributed by atoms with Crippen LogP contribution in [0, 0.1) is 0 Å². The predicted molar refractivity (Wildman–Crippen MR) is 87.0 cm³/mol. The minimum absolute atomic E-state index is 0.0676. The van der Waals surface area contributed by atoms with Gasteiger partial charge in [-0.05, 0) is 18.6 Å². The van der Waals surface area contributed by atoms with E-state index in [1.807, 2.05) is 6.92 Å². The average molecular weight is 324 g/mol. The molecular weight excluding hydrogens is 300 g/mol. The number of sulfone groups is 1. The van der Waals surface area contributed by atoms with Crippen molar-refractivity contribution in [2.24, 2.45) is 0 Å². The van der Waals surface area contributed by atoms with Crippen LogP contribution in [0.2, 0.25) is 0 Å². The quantitative estimate of drug-likeness (QED) is 0.767. The normalized spacial score (nSPS) is 16.6. The minimum Gasteiger partial charge on any atom is -0.314 e. The molecule has 1 aliphatic rings. The van der Waals surface area contributed by atoms with Crippen molar-refractivity contribution < 1.29 is 13.2 Å². The van der Waals surface area contributed by atoms with Crippen molar-refractivity contribution in [3.05, 3.63) is 29.8 Å². The summed E-state index contributed by atoms with van der Waals surface area (Å²) in [5.41, 5.74) is 0.589. The Balaban J connectivity index is 1.93. The molecule has 0 saturated carbocycles. The molecular formula is C16H24N2O3S. The number of carbonyl (C=O) groups excluding carboxylic acids is 1. The van der Waals surface area contributed by atoms with E-state index in [2.05, 4.69) is 10.2 Å². The molecule has 2 rings (SSSR count). The van der Waals surface area contributed by atoms with Crippen LogP contribution in [0.4, 0.5) is 0 Å². The Bertz CT molecular complexity index is 590. The van der Waals surface area contributed by atoms with Crippen LogP contribution in [0.15, 0.2) is 29.2 Å². The molecule has 0 radical (unpaired) electrons. The second kappa shape index (κ2) is 7.85. The van der Waals surface area contributed by atoms with E-state index in [-0.39, 0.29) is 11.5 Å². The van der Waals surface area contributed by atoms with Gasteiger partial charge in [-0.1, -0.05) is 19.1 Å². The number of Topliss-reactive ketones (excluding diaryl/α,β-unsaturated/α-hetero) is 1. The molecule has 1 N–H and O–H groups in total. The van der Waals surface area contributed by atoms with Gasteiger partial charge in [-0.15, -0.1) is 0 Å². The number of carbonyl (C=O) groups is 1. The second-order valence-corrected chi connectivity index (χ2v) is 7.72.